The van der Waals surface area contributed by atoms with Gasteiger partial charge in [-0.05, 0) is 23.5 Å². The van der Waals surface area contributed by atoms with Crippen LogP contribution in [0.5, 0.6) is 0 Å². The van der Waals surface area contributed by atoms with Crippen molar-refractivity contribution in [1.29, 1.82) is 0 Å². The van der Waals surface area contributed by atoms with Crippen LogP contribution >= 0.6 is 0 Å². The Hall–Kier alpha value is -4.12. The smallest absolute Gasteiger partial charge is 0.408 e. The molecule has 2 rings (SSSR count). The molecule has 0 bridgehead atoms. The minimum absolute atomic E-state index is 0.0609. The van der Waals surface area contributed by atoms with E-state index >= 15 is 0 Å². The van der Waals surface area contributed by atoms with E-state index in [1.807, 2.05) is 50.2 Å². The fourth-order valence-electron chi connectivity index (χ4n) is 3.64. The summed E-state index contributed by atoms with van der Waals surface area (Å²) in [5, 5.41) is 28.1. The quantitative estimate of drug-likeness (QED) is 0.245. The number of likely N-dealkylation sites (N-methyl/N-ethyl adjacent to an activating group) is 1. The van der Waals surface area contributed by atoms with Gasteiger partial charge < -0.3 is 35.8 Å². The van der Waals surface area contributed by atoms with Crippen molar-refractivity contribution in [1.82, 2.24) is 20.9 Å². The number of rotatable bonds is 14. The Kier molecular flexibility index (Phi) is 12.7. The summed E-state index contributed by atoms with van der Waals surface area (Å²) in [6.07, 6.45) is -2.65. The van der Waals surface area contributed by atoms with E-state index in [2.05, 4.69) is 16.0 Å². The van der Waals surface area contributed by atoms with E-state index in [-0.39, 0.29) is 31.5 Å². The first-order chi connectivity index (χ1) is 18.5. The van der Waals surface area contributed by atoms with Gasteiger partial charge in [0.25, 0.3) is 0 Å². The highest BCUT2D eigenvalue weighted by molar-refractivity contribution is 5.89. The number of hydrogen-bond acceptors (Lipinski definition) is 6. The van der Waals surface area contributed by atoms with Crippen molar-refractivity contribution in [3.8, 4) is 0 Å². The molecule has 0 spiro atoms. The molecule has 0 aliphatic heterocycles. The van der Waals surface area contributed by atoms with Gasteiger partial charge in [0.15, 0.2) is 0 Å². The summed E-state index contributed by atoms with van der Waals surface area (Å²) in [6.45, 7) is 4.22. The fourth-order valence-corrected chi connectivity index (χ4v) is 3.64. The predicted octanol–water partition coefficient (Wildman–Crippen LogP) is 2.14. The molecule has 0 aliphatic rings. The monoisotopic (exact) mass is 542 g/mol. The molecule has 3 atom stereocenters. The highest BCUT2D eigenvalue weighted by atomic mass is 16.5. The van der Waals surface area contributed by atoms with Gasteiger partial charge in [0.1, 0.15) is 12.6 Å². The van der Waals surface area contributed by atoms with Gasteiger partial charge in [0.2, 0.25) is 5.91 Å². The van der Waals surface area contributed by atoms with Crippen molar-refractivity contribution in [3.63, 3.8) is 0 Å². The van der Waals surface area contributed by atoms with Gasteiger partial charge in [-0.1, -0.05) is 74.5 Å². The molecule has 0 aliphatic carbocycles. The van der Waals surface area contributed by atoms with Gasteiger partial charge in [-0.25, -0.2) is 9.59 Å². The summed E-state index contributed by atoms with van der Waals surface area (Å²) in [5.41, 5.74) is 1.53. The molecule has 0 heterocycles. The van der Waals surface area contributed by atoms with Crippen molar-refractivity contribution in [2.24, 2.45) is 5.92 Å². The summed E-state index contributed by atoms with van der Waals surface area (Å²) in [5.74, 6) is -1.86. The maximum Gasteiger partial charge on any atom is 0.408 e. The van der Waals surface area contributed by atoms with Crippen LogP contribution < -0.4 is 16.0 Å². The number of aliphatic hydroxyl groups excluding tert-OH is 1. The zero-order valence-electron chi connectivity index (χ0n) is 22.5. The summed E-state index contributed by atoms with van der Waals surface area (Å²) < 4.78 is 5.13. The Balaban J connectivity index is 2.10. The number of alkyl carbamates (subject to hydrolysis) is 1. The number of ether oxygens (including phenoxy) is 1. The van der Waals surface area contributed by atoms with Crippen LogP contribution in [-0.2, 0) is 27.4 Å². The number of carboxylic acids is 1. The number of benzene rings is 2. The van der Waals surface area contributed by atoms with Crippen LogP contribution in [0.1, 0.15) is 31.4 Å². The van der Waals surface area contributed by atoms with E-state index in [0.717, 1.165) is 11.1 Å². The van der Waals surface area contributed by atoms with Crippen molar-refractivity contribution < 1.29 is 34.1 Å². The van der Waals surface area contributed by atoms with Gasteiger partial charge >= 0.3 is 18.1 Å². The summed E-state index contributed by atoms with van der Waals surface area (Å²) in [7, 11) is 1.53. The van der Waals surface area contributed by atoms with Gasteiger partial charge in [-0.2, -0.15) is 0 Å². The van der Waals surface area contributed by atoms with Gasteiger partial charge in [0.05, 0.1) is 25.1 Å². The van der Waals surface area contributed by atoms with Crippen LogP contribution in [-0.4, -0.2) is 77.4 Å². The molecule has 0 radical (unpaired) electrons. The zero-order chi connectivity index (χ0) is 28.8. The molecule has 0 saturated heterocycles. The number of nitrogens with one attached hydrogen (secondary N) is 3. The van der Waals surface area contributed by atoms with Gasteiger partial charge in [-0.15, -0.1) is 0 Å². The Labute approximate surface area is 228 Å². The highest BCUT2D eigenvalue weighted by Gasteiger charge is 2.30. The molecule has 11 nitrogen and oxygen atoms in total. The number of urea groups is 1. The molecule has 39 heavy (non-hydrogen) atoms. The lowest BCUT2D eigenvalue weighted by molar-refractivity contribution is -0.140. The van der Waals surface area contributed by atoms with Crippen molar-refractivity contribution >= 4 is 24.0 Å². The number of amides is 4. The van der Waals surface area contributed by atoms with E-state index < -0.39 is 42.6 Å². The van der Waals surface area contributed by atoms with E-state index in [0.29, 0.717) is 6.54 Å². The number of carbonyl (C=O) groups is 4. The second-order valence-electron chi connectivity index (χ2n) is 9.69. The molecular formula is C28H38N4O7. The normalized spacial score (nSPS) is 13.1. The predicted molar refractivity (Wildman–Crippen MR) is 145 cm³/mol. The second-order valence-corrected chi connectivity index (χ2v) is 9.69. The molecule has 0 unspecified atom stereocenters. The summed E-state index contributed by atoms with van der Waals surface area (Å²) in [6, 6.07) is 15.2. The van der Waals surface area contributed by atoms with Crippen LogP contribution in [0.2, 0.25) is 0 Å². The third-order valence-corrected chi connectivity index (χ3v) is 5.76. The number of carbonyl (C=O) groups excluding carboxylic acids is 3. The standard InChI is InChI=1S/C28H38N4O7/c1-19(2)16-29-27(37)32(3)17-24(33)22(14-20-10-6-4-7-11-20)30-26(36)23(15-25(34)35)31-28(38)39-18-21-12-8-5-9-13-21/h4-13,19,22-24,33H,14-18H2,1-3H3,(H,29,37)(H,30,36)(H,31,38)(H,34,35)/t22-,23-,24+/m0/s1. The van der Waals surface area contributed by atoms with Crippen molar-refractivity contribution in [2.45, 2.75) is 51.5 Å². The van der Waals surface area contributed by atoms with Crippen molar-refractivity contribution in [3.05, 3.63) is 71.8 Å². The van der Waals surface area contributed by atoms with E-state index in [1.54, 1.807) is 24.3 Å². The molecule has 11 heteroatoms. The zero-order valence-corrected chi connectivity index (χ0v) is 22.5. The van der Waals surface area contributed by atoms with Crippen molar-refractivity contribution in [2.75, 3.05) is 20.1 Å². The third-order valence-electron chi connectivity index (χ3n) is 5.76. The number of hydrogen-bond donors (Lipinski definition) is 5. The molecule has 5 N–H and O–H groups in total. The van der Waals surface area contributed by atoms with E-state index in [9.17, 15) is 29.4 Å². The van der Waals surface area contributed by atoms with E-state index in [1.165, 1.54) is 11.9 Å². The van der Waals surface area contributed by atoms with Gasteiger partial charge in [-0.3, -0.25) is 9.59 Å². The Morgan fingerprint density at radius 2 is 1.51 bits per heavy atom. The highest BCUT2D eigenvalue weighted by Crippen LogP contribution is 2.09. The Morgan fingerprint density at radius 1 is 0.923 bits per heavy atom. The lowest BCUT2D eigenvalue weighted by Gasteiger charge is -2.29. The van der Waals surface area contributed by atoms with E-state index in [4.69, 9.17) is 4.74 Å². The Bertz CT molecular complexity index is 1070. The average Bonchev–Trinajstić information content (AvgIpc) is 2.90. The topological polar surface area (TPSA) is 157 Å². The summed E-state index contributed by atoms with van der Waals surface area (Å²) >= 11 is 0. The number of carboxylic acid groups (broad SMARTS) is 1. The first-order valence-corrected chi connectivity index (χ1v) is 12.8. The molecular weight excluding hydrogens is 504 g/mol. The van der Waals surface area contributed by atoms with Gasteiger partial charge in [0, 0.05) is 13.6 Å². The molecule has 2 aromatic carbocycles. The molecule has 0 saturated carbocycles. The average molecular weight is 543 g/mol. The fraction of sp³-hybridized carbons (Fsp3) is 0.429. The van der Waals surface area contributed by atoms with Crippen LogP contribution in [0.25, 0.3) is 0 Å². The number of nitrogens with zero attached hydrogens (tertiary/aromatic N) is 1. The molecule has 2 aromatic rings. The molecule has 0 fully saturated rings. The first kappa shape index (κ1) is 31.1. The largest absolute Gasteiger partial charge is 0.481 e. The van der Waals surface area contributed by atoms with Crippen LogP contribution in [0.3, 0.4) is 0 Å². The lowest BCUT2D eigenvalue weighted by atomic mass is 10.00. The van der Waals surface area contributed by atoms with Crippen LogP contribution in [0, 0.1) is 5.92 Å². The lowest BCUT2D eigenvalue weighted by Crippen LogP contribution is -2.56. The maximum absolute atomic E-state index is 13.1. The third kappa shape index (κ3) is 11.9. The minimum atomic E-state index is -1.46. The number of aliphatic hydroxyl groups is 1. The van der Waals surface area contributed by atoms with Crippen LogP contribution in [0.4, 0.5) is 9.59 Å². The first-order valence-electron chi connectivity index (χ1n) is 12.8. The summed E-state index contributed by atoms with van der Waals surface area (Å²) in [4.78, 5) is 50.6. The Morgan fingerprint density at radius 3 is 2.08 bits per heavy atom. The molecule has 4 amide bonds. The molecule has 212 valence electrons. The number of aliphatic carboxylic acids is 1. The SMILES string of the molecule is CC(C)CNC(=O)N(C)C[C@@H](O)[C@H](Cc1ccccc1)NC(=O)[C@H](CC(=O)O)NC(=O)OCc1ccccc1. The maximum atomic E-state index is 13.1. The minimum Gasteiger partial charge on any atom is -0.481 e. The second kappa shape index (κ2) is 16.0. The van der Waals surface area contributed by atoms with Crippen LogP contribution in [0.15, 0.2) is 60.7 Å². The molecule has 0 aromatic heterocycles.